The van der Waals surface area contributed by atoms with E-state index in [1.807, 2.05) is 39.8 Å². The van der Waals surface area contributed by atoms with Gasteiger partial charge in [-0.05, 0) is 73.0 Å². The number of nitrogens with two attached hydrogens (primary N) is 1. The van der Waals surface area contributed by atoms with Gasteiger partial charge in [-0.15, -0.1) is 10.2 Å². The van der Waals surface area contributed by atoms with Gasteiger partial charge in [0.2, 0.25) is 23.9 Å². The second-order valence-corrected chi connectivity index (χ2v) is 9.67. The predicted octanol–water partition coefficient (Wildman–Crippen LogP) is 4.77. The Labute approximate surface area is 210 Å². The standard InChI is InChI=1S/C28H31N5O3/c1-17(2)26-32-33-27(36-26)28(11-12-29)24-9-7-20(18(3)30-15-34)13-22(24)5-6-23-14-21(8-10-25(23)28)19(4)31-16-35/h7-10,13-14,17-19H,5-6,11-12,29H2,1-4H3. The first kappa shape index (κ1) is 25.4. The number of aliphatic imine (C=N–C) groups is 2. The molecule has 1 aromatic heterocycles. The van der Waals surface area contributed by atoms with Crippen molar-refractivity contribution in [2.75, 3.05) is 6.54 Å². The van der Waals surface area contributed by atoms with Crippen LogP contribution in [0.2, 0.25) is 0 Å². The summed E-state index contributed by atoms with van der Waals surface area (Å²) in [6, 6.07) is 11.8. The lowest BCUT2D eigenvalue weighted by molar-refractivity contribution is 0.367. The molecule has 1 aliphatic rings. The highest BCUT2D eigenvalue weighted by molar-refractivity contribution is 5.56. The molecule has 2 aromatic carbocycles. The third kappa shape index (κ3) is 4.47. The molecule has 0 spiro atoms. The van der Waals surface area contributed by atoms with Crippen molar-refractivity contribution in [1.82, 2.24) is 10.2 Å². The van der Waals surface area contributed by atoms with E-state index in [9.17, 15) is 9.59 Å². The fourth-order valence-corrected chi connectivity index (χ4v) is 5.18. The van der Waals surface area contributed by atoms with Crippen molar-refractivity contribution >= 4 is 12.2 Å². The summed E-state index contributed by atoms with van der Waals surface area (Å²) in [5.41, 5.74) is 11.7. The number of isocyanates is 2. The molecule has 8 heteroatoms. The third-order valence-corrected chi connectivity index (χ3v) is 7.12. The maximum absolute atomic E-state index is 10.9. The molecule has 0 amide bonds. The summed E-state index contributed by atoms with van der Waals surface area (Å²) >= 11 is 0. The number of aryl methyl sites for hydroxylation is 2. The average molecular weight is 486 g/mol. The summed E-state index contributed by atoms with van der Waals surface area (Å²) in [5, 5.41) is 8.91. The molecule has 0 fully saturated rings. The first-order chi connectivity index (χ1) is 17.3. The molecule has 0 aliphatic heterocycles. The molecule has 8 nitrogen and oxygen atoms in total. The van der Waals surface area contributed by atoms with Crippen LogP contribution in [0.15, 0.2) is 50.8 Å². The van der Waals surface area contributed by atoms with E-state index in [4.69, 9.17) is 10.2 Å². The van der Waals surface area contributed by atoms with Crippen molar-refractivity contribution in [2.45, 2.75) is 70.4 Å². The Kier molecular flexibility index (Phi) is 7.41. The van der Waals surface area contributed by atoms with E-state index in [1.54, 1.807) is 12.2 Å². The van der Waals surface area contributed by atoms with Crippen LogP contribution in [-0.4, -0.2) is 28.9 Å². The number of rotatable bonds is 8. The topological polar surface area (TPSA) is 124 Å². The first-order valence-corrected chi connectivity index (χ1v) is 12.3. The summed E-state index contributed by atoms with van der Waals surface area (Å²) < 4.78 is 6.32. The number of fused-ring (bicyclic) bond motifs is 2. The monoisotopic (exact) mass is 485 g/mol. The van der Waals surface area contributed by atoms with E-state index in [1.165, 1.54) is 0 Å². The Bertz CT molecular complexity index is 1270. The zero-order chi connectivity index (χ0) is 25.9. The molecule has 0 saturated heterocycles. The van der Waals surface area contributed by atoms with E-state index in [2.05, 4.69) is 44.4 Å². The van der Waals surface area contributed by atoms with Gasteiger partial charge in [0.15, 0.2) is 0 Å². The molecule has 0 bridgehead atoms. The van der Waals surface area contributed by atoms with Crippen LogP contribution >= 0.6 is 0 Å². The highest BCUT2D eigenvalue weighted by Gasteiger charge is 2.45. The molecule has 2 N–H and O–H groups in total. The summed E-state index contributed by atoms with van der Waals surface area (Å²) in [6.07, 6.45) is 5.42. The second-order valence-electron chi connectivity index (χ2n) is 9.67. The number of hydrogen-bond acceptors (Lipinski definition) is 8. The maximum atomic E-state index is 10.9. The summed E-state index contributed by atoms with van der Waals surface area (Å²) in [5.74, 6) is 1.17. The molecule has 186 valence electrons. The van der Waals surface area contributed by atoms with E-state index in [0.717, 1.165) is 46.2 Å². The van der Waals surface area contributed by atoms with Crippen LogP contribution in [0.25, 0.3) is 0 Å². The van der Waals surface area contributed by atoms with Crippen molar-refractivity contribution in [3.63, 3.8) is 0 Å². The number of carbonyl (C=O) groups excluding carboxylic acids is 2. The Morgan fingerprint density at radius 2 is 1.44 bits per heavy atom. The maximum Gasteiger partial charge on any atom is 0.235 e. The van der Waals surface area contributed by atoms with Gasteiger partial charge in [0, 0.05) is 5.92 Å². The van der Waals surface area contributed by atoms with Crippen LogP contribution in [-0.2, 0) is 27.8 Å². The lowest BCUT2D eigenvalue weighted by Crippen LogP contribution is -2.34. The minimum Gasteiger partial charge on any atom is -0.424 e. The fraction of sp³-hybridized carbons (Fsp3) is 0.429. The molecule has 2 unspecified atom stereocenters. The van der Waals surface area contributed by atoms with Gasteiger partial charge in [0.25, 0.3) is 0 Å². The molecular formula is C28H31N5O3. The van der Waals surface area contributed by atoms with Crippen LogP contribution in [0.4, 0.5) is 0 Å². The lowest BCUT2D eigenvalue weighted by atomic mass is 9.69. The van der Waals surface area contributed by atoms with Gasteiger partial charge in [-0.2, -0.15) is 9.98 Å². The highest BCUT2D eigenvalue weighted by atomic mass is 16.4. The minimum atomic E-state index is -0.749. The van der Waals surface area contributed by atoms with E-state index in [-0.39, 0.29) is 18.0 Å². The van der Waals surface area contributed by atoms with Gasteiger partial charge < -0.3 is 10.2 Å². The molecular weight excluding hydrogens is 454 g/mol. The third-order valence-electron chi connectivity index (χ3n) is 7.12. The number of hydrogen-bond donors (Lipinski definition) is 1. The summed E-state index contributed by atoms with van der Waals surface area (Å²) in [6.45, 7) is 8.19. The Balaban J connectivity index is 2.01. The van der Waals surface area contributed by atoms with Crippen LogP contribution in [0.3, 0.4) is 0 Å². The highest BCUT2D eigenvalue weighted by Crippen LogP contribution is 2.47. The van der Waals surface area contributed by atoms with Crippen molar-refractivity contribution < 1.29 is 14.0 Å². The van der Waals surface area contributed by atoms with Crippen LogP contribution in [0.5, 0.6) is 0 Å². The quantitative estimate of drug-likeness (QED) is 0.362. The van der Waals surface area contributed by atoms with Gasteiger partial charge in [-0.25, -0.2) is 9.59 Å². The van der Waals surface area contributed by atoms with Gasteiger partial charge in [0.1, 0.15) is 5.41 Å². The average Bonchev–Trinajstić information content (AvgIpc) is 3.33. The lowest BCUT2D eigenvalue weighted by Gasteiger charge is -2.33. The van der Waals surface area contributed by atoms with Crippen molar-refractivity contribution in [3.05, 3.63) is 81.6 Å². The van der Waals surface area contributed by atoms with Crippen LogP contribution in [0, 0.1) is 0 Å². The molecule has 1 heterocycles. The fourth-order valence-electron chi connectivity index (χ4n) is 5.18. The molecule has 1 aliphatic carbocycles. The first-order valence-electron chi connectivity index (χ1n) is 12.3. The number of aromatic nitrogens is 2. The van der Waals surface area contributed by atoms with E-state index in [0.29, 0.717) is 24.7 Å². The minimum absolute atomic E-state index is 0.0831. The van der Waals surface area contributed by atoms with Crippen LogP contribution < -0.4 is 5.73 Å². The zero-order valence-electron chi connectivity index (χ0n) is 21.1. The zero-order valence-corrected chi connectivity index (χ0v) is 21.1. The van der Waals surface area contributed by atoms with Gasteiger partial charge in [0.05, 0.1) is 12.1 Å². The molecule has 2 atom stereocenters. The second kappa shape index (κ2) is 10.5. The largest absolute Gasteiger partial charge is 0.424 e. The van der Waals surface area contributed by atoms with Gasteiger partial charge in [-0.3, -0.25) is 0 Å². The predicted molar refractivity (Wildman–Crippen MR) is 135 cm³/mol. The smallest absolute Gasteiger partial charge is 0.235 e. The summed E-state index contributed by atoms with van der Waals surface area (Å²) in [7, 11) is 0. The molecule has 4 rings (SSSR count). The molecule has 0 saturated carbocycles. The SMILES string of the molecule is CC(C)c1nnc(C2(CCN)c3ccc(C(C)N=C=O)cc3CCc3cc(C(C)N=C=O)ccc32)o1. The molecule has 3 aromatic rings. The Morgan fingerprint density at radius 3 is 1.86 bits per heavy atom. The summed E-state index contributed by atoms with van der Waals surface area (Å²) in [4.78, 5) is 29.6. The van der Waals surface area contributed by atoms with E-state index < -0.39 is 5.41 Å². The Hall–Kier alpha value is -3.70. The van der Waals surface area contributed by atoms with Crippen molar-refractivity contribution in [2.24, 2.45) is 15.7 Å². The normalized spacial score (nSPS) is 18.3. The van der Waals surface area contributed by atoms with Gasteiger partial charge in [-0.1, -0.05) is 50.2 Å². The number of benzene rings is 2. The van der Waals surface area contributed by atoms with Crippen molar-refractivity contribution in [1.29, 1.82) is 0 Å². The molecule has 0 radical (unpaired) electrons. The van der Waals surface area contributed by atoms with Gasteiger partial charge >= 0.3 is 0 Å². The number of nitrogens with zero attached hydrogens (tertiary/aromatic N) is 4. The van der Waals surface area contributed by atoms with Crippen molar-refractivity contribution in [3.8, 4) is 0 Å². The van der Waals surface area contributed by atoms with E-state index >= 15 is 0 Å². The van der Waals surface area contributed by atoms with Crippen LogP contribution in [0.1, 0.15) is 97.3 Å². The Morgan fingerprint density at radius 1 is 0.917 bits per heavy atom. The molecule has 36 heavy (non-hydrogen) atoms.